The fourth-order valence-corrected chi connectivity index (χ4v) is 2.72. The number of primary amides is 1. The molecule has 2 aromatic carbocycles. The smallest absolute Gasteiger partial charge is 0.312 e. The van der Waals surface area contributed by atoms with Crippen molar-refractivity contribution in [3.63, 3.8) is 0 Å². The average molecular weight is 348 g/mol. The number of pyridine rings is 1. The van der Waals surface area contributed by atoms with Crippen molar-refractivity contribution >= 4 is 28.5 Å². The molecule has 1 heterocycles. The number of nitrogens with zero attached hydrogens (tertiary/aromatic N) is 2. The SMILES string of the molecule is NC(=O)NCCC(=O)N(Cc1ccc2ccccc2n1)c1ccccc1. The Morgan fingerprint density at radius 1 is 0.962 bits per heavy atom. The standard InChI is InChI=1S/C20H20N4O2/c21-20(26)22-13-12-19(25)24(17-7-2-1-3-8-17)14-16-11-10-15-6-4-5-9-18(15)23-16/h1-11H,12-14H2,(H3,21,22,26). The van der Waals surface area contributed by atoms with Gasteiger partial charge in [-0.3, -0.25) is 9.78 Å². The van der Waals surface area contributed by atoms with Gasteiger partial charge in [-0.25, -0.2) is 4.79 Å². The van der Waals surface area contributed by atoms with Crippen LogP contribution in [0.3, 0.4) is 0 Å². The number of rotatable bonds is 6. The van der Waals surface area contributed by atoms with Crippen LogP contribution in [0.4, 0.5) is 10.5 Å². The second kappa shape index (κ2) is 8.11. The van der Waals surface area contributed by atoms with E-state index in [0.717, 1.165) is 22.3 Å². The number of para-hydroxylation sites is 2. The van der Waals surface area contributed by atoms with E-state index >= 15 is 0 Å². The van der Waals surface area contributed by atoms with Crippen molar-refractivity contribution in [2.75, 3.05) is 11.4 Å². The zero-order valence-electron chi connectivity index (χ0n) is 14.3. The maximum absolute atomic E-state index is 12.7. The molecule has 0 unspecified atom stereocenters. The van der Waals surface area contributed by atoms with Gasteiger partial charge in [-0.15, -0.1) is 0 Å². The minimum Gasteiger partial charge on any atom is -0.352 e. The molecule has 0 atom stereocenters. The van der Waals surface area contributed by atoms with Crippen LogP contribution in [-0.4, -0.2) is 23.5 Å². The topological polar surface area (TPSA) is 88.3 Å². The van der Waals surface area contributed by atoms with Crippen LogP contribution in [0.2, 0.25) is 0 Å². The van der Waals surface area contributed by atoms with Crippen molar-refractivity contribution in [2.24, 2.45) is 5.73 Å². The Kier molecular flexibility index (Phi) is 5.43. The number of hydrogen-bond acceptors (Lipinski definition) is 3. The van der Waals surface area contributed by atoms with E-state index in [1.165, 1.54) is 0 Å². The van der Waals surface area contributed by atoms with Gasteiger partial charge in [-0.05, 0) is 24.3 Å². The number of carbonyl (C=O) groups is 2. The summed E-state index contributed by atoms with van der Waals surface area (Å²) in [5.41, 5.74) is 7.53. The molecule has 0 aliphatic rings. The number of urea groups is 1. The van der Waals surface area contributed by atoms with Crippen molar-refractivity contribution in [1.29, 1.82) is 0 Å². The predicted molar refractivity (Wildman–Crippen MR) is 102 cm³/mol. The third-order valence-electron chi connectivity index (χ3n) is 3.98. The van der Waals surface area contributed by atoms with Gasteiger partial charge in [0.05, 0.1) is 17.8 Å². The Morgan fingerprint density at radius 3 is 2.46 bits per heavy atom. The summed E-state index contributed by atoms with van der Waals surface area (Å²) in [6.07, 6.45) is 0.158. The molecular formula is C20H20N4O2. The zero-order chi connectivity index (χ0) is 18.4. The van der Waals surface area contributed by atoms with Crippen molar-refractivity contribution < 1.29 is 9.59 Å². The number of nitrogens with two attached hydrogens (primary N) is 1. The third-order valence-corrected chi connectivity index (χ3v) is 3.98. The van der Waals surface area contributed by atoms with Crippen LogP contribution in [0, 0.1) is 0 Å². The van der Waals surface area contributed by atoms with Crippen LogP contribution in [0.5, 0.6) is 0 Å². The lowest BCUT2D eigenvalue weighted by Crippen LogP contribution is -2.36. The van der Waals surface area contributed by atoms with E-state index in [4.69, 9.17) is 5.73 Å². The molecule has 3 N–H and O–H groups in total. The molecule has 0 aliphatic heterocycles. The summed E-state index contributed by atoms with van der Waals surface area (Å²) in [4.78, 5) is 29.8. The second-order valence-corrected chi connectivity index (χ2v) is 5.85. The Balaban J connectivity index is 1.82. The first-order valence-electron chi connectivity index (χ1n) is 8.37. The van der Waals surface area contributed by atoms with Gasteiger partial charge in [-0.2, -0.15) is 0 Å². The van der Waals surface area contributed by atoms with E-state index < -0.39 is 6.03 Å². The molecule has 6 nitrogen and oxygen atoms in total. The van der Waals surface area contributed by atoms with Gasteiger partial charge in [0.1, 0.15) is 0 Å². The van der Waals surface area contributed by atoms with Crippen molar-refractivity contribution in [3.8, 4) is 0 Å². The number of fused-ring (bicyclic) bond motifs is 1. The lowest BCUT2D eigenvalue weighted by atomic mass is 10.2. The van der Waals surface area contributed by atoms with Crippen LogP contribution in [0.15, 0.2) is 66.7 Å². The molecular weight excluding hydrogens is 328 g/mol. The summed E-state index contributed by atoms with van der Waals surface area (Å²) < 4.78 is 0. The highest BCUT2D eigenvalue weighted by atomic mass is 16.2. The quantitative estimate of drug-likeness (QED) is 0.718. The third kappa shape index (κ3) is 4.36. The maximum Gasteiger partial charge on any atom is 0.312 e. The van der Waals surface area contributed by atoms with E-state index in [-0.39, 0.29) is 18.9 Å². The summed E-state index contributed by atoms with van der Waals surface area (Å²) in [7, 11) is 0. The van der Waals surface area contributed by atoms with E-state index in [1.807, 2.05) is 66.7 Å². The van der Waals surface area contributed by atoms with E-state index in [0.29, 0.717) is 6.54 Å². The summed E-state index contributed by atoms with van der Waals surface area (Å²) in [5.74, 6) is -0.111. The zero-order valence-corrected chi connectivity index (χ0v) is 14.3. The van der Waals surface area contributed by atoms with E-state index in [1.54, 1.807) is 4.90 Å². The number of benzene rings is 2. The average Bonchev–Trinajstić information content (AvgIpc) is 2.66. The molecule has 0 radical (unpaired) electrons. The molecule has 3 rings (SSSR count). The van der Waals surface area contributed by atoms with Gasteiger partial charge in [0, 0.05) is 24.0 Å². The molecule has 0 bridgehead atoms. The molecule has 3 aromatic rings. The molecule has 0 fully saturated rings. The molecule has 1 aromatic heterocycles. The fourth-order valence-electron chi connectivity index (χ4n) is 2.72. The predicted octanol–water partition coefficient (Wildman–Crippen LogP) is 2.83. The summed E-state index contributed by atoms with van der Waals surface area (Å²) in [5, 5.41) is 3.50. The molecule has 0 aliphatic carbocycles. The highest BCUT2D eigenvalue weighted by molar-refractivity contribution is 5.93. The molecule has 26 heavy (non-hydrogen) atoms. The Bertz CT molecular complexity index is 912. The van der Waals surface area contributed by atoms with Gasteiger partial charge in [0.15, 0.2) is 0 Å². The van der Waals surface area contributed by atoms with Gasteiger partial charge in [0.2, 0.25) is 5.91 Å². The molecule has 3 amide bonds. The fraction of sp³-hybridized carbons (Fsp3) is 0.150. The Labute approximate surface area is 151 Å². The number of aromatic nitrogens is 1. The minimum absolute atomic E-state index is 0.111. The first kappa shape index (κ1) is 17.4. The normalized spacial score (nSPS) is 10.5. The highest BCUT2D eigenvalue weighted by Crippen LogP contribution is 2.19. The highest BCUT2D eigenvalue weighted by Gasteiger charge is 2.17. The second-order valence-electron chi connectivity index (χ2n) is 5.85. The van der Waals surface area contributed by atoms with Crippen LogP contribution in [0.1, 0.15) is 12.1 Å². The lowest BCUT2D eigenvalue weighted by molar-refractivity contribution is -0.118. The first-order valence-corrected chi connectivity index (χ1v) is 8.37. The number of nitrogens with one attached hydrogen (secondary N) is 1. The van der Waals surface area contributed by atoms with Crippen molar-refractivity contribution in [1.82, 2.24) is 10.3 Å². The molecule has 0 saturated heterocycles. The summed E-state index contributed by atoms with van der Waals surface area (Å²) in [6, 6.07) is 20.6. The monoisotopic (exact) mass is 348 g/mol. The molecule has 0 saturated carbocycles. The summed E-state index contributed by atoms with van der Waals surface area (Å²) in [6.45, 7) is 0.549. The minimum atomic E-state index is -0.639. The van der Waals surface area contributed by atoms with Gasteiger partial charge in [-0.1, -0.05) is 42.5 Å². The van der Waals surface area contributed by atoms with Crippen molar-refractivity contribution in [2.45, 2.75) is 13.0 Å². The number of anilines is 1. The molecule has 132 valence electrons. The van der Waals surface area contributed by atoms with Crippen LogP contribution >= 0.6 is 0 Å². The van der Waals surface area contributed by atoms with Crippen LogP contribution < -0.4 is 16.0 Å². The van der Waals surface area contributed by atoms with Crippen LogP contribution in [-0.2, 0) is 11.3 Å². The van der Waals surface area contributed by atoms with Crippen molar-refractivity contribution in [3.05, 3.63) is 72.4 Å². The first-order chi connectivity index (χ1) is 12.6. The van der Waals surface area contributed by atoms with Gasteiger partial charge >= 0.3 is 6.03 Å². The number of hydrogen-bond donors (Lipinski definition) is 2. The van der Waals surface area contributed by atoms with Gasteiger partial charge < -0.3 is 16.0 Å². The largest absolute Gasteiger partial charge is 0.352 e. The lowest BCUT2D eigenvalue weighted by Gasteiger charge is -2.23. The number of carbonyl (C=O) groups excluding carboxylic acids is 2. The van der Waals surface area contributed by atoms with E-state index in [9.17, 15) is 9.59 Å². The Hall–Kier alpha value is -3.41. The molecule has 6 heteroatoms. The summed E-state index contributed by atoms with van der Waals surface area (Å²) >= 11 is 0. The number of amides is 3. The Morgan fingerprint density at radius 2 is 1.69 bits per heavy atom. The van der Waals surface area contributed by atoms with E-state index in [2.05, 4.69) is 10.3 Å². The van der Waals surface area contributed by atoms with Crippen LogP contribution in [0.25, 0.3) is 10.9 Å². The van der Waals surface area contributed by atoms with Gasteiger partial charge in [0.25, 0.3) is 0 Å². The maximum atomic E-state index is 12.7. The molecule has 0 spiro atoms.